The third-order valence-corrected chi connectivity index (χ3v) is 6.49. The van der Waals surface area contributed by atoms with Crippen molar-refractivity contribution in [2.75, 3.05) is 11.5 Å². The quantitative estimate of drug-likeness (QED) is 0.433. The number of thioether (sulfide) groups is 2. The topological polar surface area (TPSA) is 127 Å². The zero-order valence-corrected chi connectivity index (χ0v) is 14.8. The summed E-state index contributed by atoms with van der Waals surface area (Å²) >= 11 is 2.94. The fourth-order valence-corrected chi connectivity index (χ4v) is 5.36. The van der Waals surface area contributed by atoms with E-state index in [1.54, 1.807) is 10.7 Å². The SMILES string of the molecule is Cc1cc(SCC2=C(C(=O)O)N3C(=O)[C@@H](N)[C@H]3SC2)n2nncc2n1. The molecule has 0 spiro atoms. The molecule has 0 aliphatic carbocycles. The van der Waals surface area contributed by atoms with E-state index in [0.717, 1.165) is 10.7 Å². The molecule has 0 bridgehead atoms. The van der Waals surface area contributed by atoms with Gasteiger partial charge in [-0.05, 0) is 18.6 Å². The zero-order chi connectivity index (χ0) is 17.7. The Labute approximate surface area is 150 Å². The Balaban J connectivity index is 1.63. The van der Waals surface area contributed by atoms with E-state index in [4.69, 9.17) is 5.73 Å². The van der Waals surface area contributed by atoms with E-state index in [9.17, 15) is 14.7 Å². The molecule has 25 heavy (non-hydrogen) atoms. The molecular formula is C14H14N6O3S2. The molecule has 4 heterocycles. The van der Waals surface area contributed by atoms with Gasteiger partial charge in [0.2, 0.25) is 5.91 Å². The lowest BCUT2D eigenvalue weighted by molar-refractivity contribution is -0.147. The number of aromatic nitrogens is 4. The van der Waals surface area contributed by atoms with Crippen LogP contribution in [0.4, 0.5) is 0 Å². The van der Waals surface area contributed by atoms with Gasteiger partial charge in [-0.15, -0.1) is 28.6 Å². The lowest BCUT2D eigenvalue weighted by atomic mass is 10.0. The number of carboxylic acid groups (broad SMARTS) is 1. The van der Waals surface area contributed by atoms with Crippen LogP contribution >= 0.6 is 23.5 Å². The summed E-state index contributed by atoms with van der Waals surface area (Å²) in [5.74, 6) is -0.478. The van der Waals surface area contributed by atoms with Gasteiger partial charge in [-0.2, -0.15) is 4.52 Å². The van der Waals surface area contributed by atoms with Crippen LogP contribution in [-0.2, 0) is 9.59 Å². The van der Waals surface area contributed by atoms with Gasteiger partial charge in [-0.1, -0.05) is 5.21 Å². The van der Waals surface area contributed by atoms with E-state index in [1.807, 2.05) is 13.0 Å². The summed E-state index contributed by atoms with van der Waals surface area (Å²) in [7, 11) is 0. The first-order valence-electron chi connectivity index (χ1n) is 7.44. The van der Waals surface area contributed by atoms with Gasteiger partial charge in [0.05, 0.1) is 6.20 Å². The number of aliphatic carboxylic acids is 1. The van der Waals surface area contributed by atoms with Crippen LogP contribution in [0.25, 0.3) is 5.65 Å². The number of hydrogen-bond donors (Lipinski definition) is 2. The first kappa shape index (κ1) is 16.4. The Hall–Kier alpha value is -2.11. The van der Waals surface area contributed by atoms with Crippen LogP contribution in [0.15, 0.2) is 28.6 Å². The second-order valence-electron chi connectivity index (χ2n) is 5.72. The summed E-state index contributed by atoms with van der Waals surface area (Å²) in [5.41, 5.74) is 7.97. The normalized spacial score (nSPS) is 23.0. The molecule has 2 aliphatic rings. The highest BCUT2D eigenvalue weighted by atomic mass is 32.2. The molecular weight excluding hydrogens is 364 g/mol. The summed E-state index contributed by atoms with van der Waals surface area (Å²) in [5, 5.41) is 18.0. The van der Waals surface area contributed by atoms with Crippen LogP contribution < -0.4 is 5.73 Å². The molecule has 11 heteroatoms. The number of amides is 1. The van der Waals surface area contributed by atoms with Gasteiger partial charge in [0.25, 0.3) is 0 Å². The minimum absolute atomic E-state index is 0.0589. The van der Waals surface area contributed by atoms with Gasteiger partial charge < -0.3 is 10.8 Å². The number of hydrogen-bond acceptors (Lipinski definition) is 8. The second kappa shape index (κ2) is 6.00. The summed E-state index contributed by atoms with van der Waals surface area (Å²) in [6, 6.07) is 1.25. The van der Waals surface area contributed by atoms with E-state index >= 15 is 0 Å². The lowest BCUT2D eigenvalue weighted by Crippen LogP contribution is -2.68. The number of carboxylic acids is 1. The van der Waals surface area contributed by atoms with Crippen molar-refractivity contribution in [3.8, 4) is 0 Å². The van der Waals surface area contributed by atoms with Crippen LogP contribution in [-0.4, -0.2) is 64.6 Å². The highest BCUT2D eigenvalue weighted by Crippen LogP contribution is 2.40. The van der Waals surface area contributed by atoms with Gasteiger partial charge in [0, 0.05) is 17.2 Å². The number of nitrogens with two attached hydrogens (primary N) is 1. The maximum Gasteiger partial charge on any atom is 0.352 e. The summed E-state index contributed by atoms with van der Waals surface area (Å²) in [4.78, 5) is 29.3. The van der Waals surface area contributed by atoms with Gasteiger partial charge in [-0.25, -0.2) is 9.78 Å². The first-order valence-corrected chi connectivity index (χ1v) is 9.47. The molecule has 1 amide bonds. The predicted molar refractivity (Wildman–Crippen MR) is 92.0 cm³/mol. The molecule has 0 saturated carbocycles. The van der Waals surface area contributed by atoms with Crippen LogP contribution in [0.1, 0.15) is 5.69 Å². The Kier molecular flexibility index (Phi) is 3.93. The fraction of sp³-hybridized carbons (Fsp3) is 0.357. The molecule has 0 radical (unpaired) electrons. The monoisotopic (exact) mass is 378 g/mol. The van der Waals surface area contributed by atoms with E-state index in [0.29, 0.717) is 22.7 Å². The van der Waals surface area contributed by atoms with Crippen molar-refractivity contribution in [2.45, 2.75) is 23.4 Å². The smallest absolute Gasteiger partial charge is 0.352 e. The van der Waals surface area contributed by atoms with Crippen molar-refractivity contribution in [1.82, 2.24) is 24.7 Å². The molecule has 1 saturated heterocycles. The predicted octanol–water partition coefficient (Wildman–Crippen LogP) is 0.106. The maximum absolute atomic E-state index is 12.0. The largest absolute Gasteiger partial charge is 0.477 e. The molecule has 1 fully saturated rings. The molecule has 2 aliphatic heterocycles. The maximum atomic E-state index is 12.0. The molecule has 9 nitrogen and oxygen atoms in total. The van der Waals surface area contributed by atoms with Crippen LogP contribution in [0.3, 0.4) is 0 Å². The average Bonchev–Trinajstić information content (AvgIpc) is 3.06. The summed E-state index contributed by atoms with van der Waals surface area (Å²) in [6.45, 7) is 1.88. The highest BCUT2D eigenvalue weighted by Gasteiger charge is 2.51. The van der Waals surface area contributed by atoms with Crippen LogP contribution in [0, 0.1) is 6.92 Å². The van der Waals surface area contributed by atoms with E-state index < -0.39 is 12.0 Å². The van der Waals surface area contributed by atoms with Crippen molar-refractivity contribution < 1.29 is 14.7 Å². The van der Waals surface area contributed by atoms with Crippen LogP contribution in [0.2, 0.25) is 0 Å². The molecule has 130 valence electrons. The van der Waals surface area contributed by atoms with Crippen molar-refractivity contribution >= 4 is 41.0 Å². The number of aryl methyl sites for hydroxylation is 1. The van der Waals surface area contributed by atoms with E-state index in [1.165, 1.54) is 28.4 Å². The third kappa shape index (κ3) is 2.58. The number of fused-ring (bicyclic) bond motifs is 2. The number of carbonyl (C=O) groups is 2. The Morgan fingerprint density at radius 2 is 2.36 bits per heavy atom. The minimum Gasteiger partial charge on any atom is -0.477 e. The minimum atomic E-state index is -1.10. The number of carbonyl (C=O) groups excluding carboxylic acids is 1. The van der Waals surface area contributed by atoms with E-state index in [-0.39, 0.29) is 17.0 Å². The molecule has 4 rings (SSSR count). The van der Waals surface area contributed by atoms with Gasteiger partial charge in [-0.3, -0.25) is 9.69 Å². The van der Waals surface area contributed by atoms with Crippen molar-refractivity contribution in [1.29, 1.82) is 0 Å². The van der Waals surface area contributed by atoms with Gasteiger partial charge in [0.15, 0.2) is 5.65 Å². The Bertz CT molecular complexity index is 926. The van der Waals surface area contributed by atoms with Crippen molar-refractivity contribution in [2.24, 2.45) is 5.73 Å². The van der Waals surface area contributed by atoms with Crippen molar-refractivity contribution in [3.05, 3.63) is 29.2 Å². The Morgan fingerprint density at radius 3 is 3.12 bits per heavy atom. The van der Waals surface area contributed by atoms with Crippen LogP contribution in [0.5, 0.6) is 0 Å². The average molecular weight is 378 g/mol. The molecule has 0 unspecified atom stereocenters. The van der Waals surface area contributed by atoms with Crippen molar-refractivity contribution in [3.63, 3.8) is 0 Å². The zero-order valence-electron chi connectivity index (χ0n) is 13.1. The molecule has 2 atom stereocenters. The van der Waals surface area contributed by atoms with Gasteiger partial charge in [0.1, 0.15) is 22.1 Å². The number of nitrogens with zero attached hydrogens (tertiary/aromatic N) is 5. The standard InChI is InChI=1S/C14H14N6O3S2/c1-6-2-9(20-8(17-6)3-16-18-20)24-4-7-5-25-13-10(15)12(21)19(13)11(7)14(22)23/h2-3,10,13H,4-5,15H2,1H3,(H,22,23)/t10-,13-/m1/s1. The Morgan fingerprint density at radius 1 is 1.56 bits per heavy atom. The molecule has 3 N–H and O–H groups in total. The highest BCUT2D eigenvalue weighted by molar-refractivity contribution is 8.01. The third-order valence-electron chi connectivity index (χ3n) is 4.05. The molecule has 2 aromatic rings. The lowest BCUT2D eigenvalue weighted by Gasteiger charge is -2.48. The second-order valence-corrected chi connectivity index (χ2v) is 7.82. The van der Waals surface area contributed by atoms with E-state index in [2.05, 4.69) is 15.3 Å². The summed E-state index contributed by atoms with van der Waals surface area (Å²) in [6.07, 6.45) is 1.57. The van der Waals surface area contributed by atoms with Gasteiger partial charge >= 0.3 is 5.97 Å². The fourth-order valence-electron chi connectivity index (χ4n) is 2.87. The molecule has 0 aromatic carbocycles. The first-order chi connectivity index (χ1) is 12.0. The summed E-state index contributed by atoms with van der Waals surface area (Å²) < 4.78 is 1.61. The number of rotatable bonds is 4. The molecule has 2 aromatic heterocycles. The number of β-lactam (4-membered cyclic amide) rings is 1.